The summed E-state index contributed by atoms with van der Waals surface area (Å²) in [6.07, 6.45) is 9.37. The van der Waals surface area contributed by atoms with Crippen molar-refractivity contribution in [3.05, 3.63) is 58.7 Å². The van der Waals surface area contributed by atoms with Crippen LogP contribution < -0.4 is 0 Å². The van der Waals surface area contributed by atoms with Crippen molar-refractivity contribution in [1.29, 1.82) is 0 Å². The van der Waals surface area contributed by atoms with Crippen molar-refractivity contribution in [1.82, 2.24) is 14.9 Å². The van der Waals surface area contributed by atoms with Gasteiger partial charge in [-0.05, 0) is 69.1 Å². The lowest BCUT2D eigenvalue weighted by Gasteiger charge is -2.36. The zero-order valence-corrected chi connectivity index (χ0v) is 20.7. The number of carboxylic acids is 1. The predicted molar refractivity (Wildman–Crippen MR) is 131 cm³/mol. The number of halogens is 2. The molecule has 1 N–H and O–H groups in total. The Balaban J connectivity index is 1.11. The highest BCUT2D eigenvalue weighted by molar-refractivity contribution is 5.76. The molecular weight excluding hydrogens is 464 g/mol. The highest BCUT2D eigenvalue weighted by atomic mass is 19.3. The van der Waals surface area contributed by atoms with Gasteiger partial charge in [0.15, 0.2) is 0 Å². The maximum atomic E-state index is 13.5. The summed E-state index contributed by atoms with van der Waals surface area (Å²) in [5.41, 5.74) is 4.86. The summed E-state index contributed by atoms with van der Waals surface area (Å²) < 4.78 is 33.1. The molecule has 1 saturated heterocycles. The lowest BCUT2D eigenvalue weighted by molar-refractivity contribution is -0.143. The molecule has 36 heavy (non-hydrogen) atoms. The highest BCUT2D eigenvalue weighted by Crippen LogP contribution is 2.49. The minimum Gasteiger partial charge on any atom is -0.480 e. The van der Waals surface area contributed by atoms with E-state index in [-0.39, 0.29) is 18.9 Å². The van der Waals surface area contributed by atoms with Gasteiger partial charge < -0.3 is 9.84 Å². The molecule has 3 aliphatic rings. The molecule has 8 heteroatoms. The van der Waals surface area contributed by atoms with Gasteiger partial charge in [-0.15, -0.1) is 0 Å². The number of unbranched alkanes of at least 4 members (excludes halogenated alkanes) is 1. The Hall–Kier alpha value is -2.45. The molecule has 0 radical (unpaired) electrons. The maximum absolute atomic E-state index is 13.5. The molecular formula is C28H35F2N3O3. The number of aromatic nitrogens is 2. The van der Waals surface area contributed by atoms with Crippen LogP contribution in [0.3, 0.4) is 0 Å². The molecule has 2 fully saturated rings. The van der Waals surface area contributed by atoms with E-state index in [1.807, 2.05) is 4.90 Å². The second-order valence-electron chi connectivity index (χ2n) is 10.5. The fourth-order valence-corrected chi connectivity index (χ4v) is 5.89. The fourth-order valence-electron chi connectivity index (χ4n) is 5.89. The molecule has 0 amide bonds. The number of rotatable bonds is 10. The van der Waals surface area contributed by atoms with E-state index in [2.05, 4.69) is 17.1 Å². The van der Waals surface area contributed by atoms with Gasteiger partial charge in [-0.2, -0.15) is 0 Å². The summed E-state index contributed by atoms with van der Waals surface area (Å²) in [4.78, 5) is 23.3. The van der Waals surface area contributed by atoms with Crippen molar-refractivity contribution in [2.75, 3.05) is 19.7 Å². The third-order valence-electron chi connectivity index (χ3n) is 7.83. The standard InChI is InChI=1S/C28H35F2N3O3/c29-28(30)16-20(17-28)25-23(8-5-13-31-25)26(27(34)35)33-14-12-22(18-33)36-15-4-3-7-21-11-10-19-6-1-2-9-24(19)32-21/h5,8,10-11,13,20,22,26H,1-4,6-7,9,12,14-18H2,(H,34,35)/t22-,26?/m1/s1. The van der Waals surface area contributed by atoms with E-state index in [0.29, 0.717) is 31.0 Å². The average molecular weight is 500 g/mol. The molecule has 2 aromatic rings. The summed E-state index contributed by atoms with van der Waals surface area (Å²) in [6, 6.07) is 6.91. The molecule has 6 nitrogen and oxygen atoms in total. The van der Waals surface area contributed by atoms with E-state index in [4.69, 9.17) is 9.72 Å². The number of likely N-dealkylation sites (tertiary alicyclic amines) is 1. The number of hydrogen-bond acceptors (Lipinski definition) is 5. The van der Waals surface area contributed by atoms with Crippen LogP contribution in [0, 0.1) is 0 Å². The Morgan fingerprint density at radius 3 is 2.83 bits per heavy atom. The van der Waals surface area contributed by atoms with Crippen LogP contribution in [-0.2, 0) is 28.8 Å². The monoisotopic (exact) mass is 499 g/mol. The molecule has 2 aromatic heterocycles. The Bertz CT molecular complexity index is 1070. The van der Waals surface area contributed by atoms with Crippen LogP contribution in [-0.4, -0.2) is 57.7 Å². The zero-order chi connectivity index (χ0) is 25.1. The van der Waals surface area contributed by atoms with Crippen molar-refractivity contribution in [3.8, 4) is 0 Å². The average Bonchev–Trinajstić information content (AvgIpc) is 3.30. The van der Waals surface area contributed by atoms with Crippen molar-refractivity contribution in [2.45, 2.75) is 88.2 Å². The van der Waals surface area contributed by atoms with Crippen LogP contribution in [0.25, 0.3) is 0 Å². The second kappa shape index (κ2) is 10.9. The Kier molecular flexibility index (Phi) is 7.62. The summed E-state index contributed by atoms with van der Waals surface area (Å²) in [5, 5.41) is 10.0. The van der Waals surface area contributed by atoms with Gasteiger partial charge in [0.2, 0.25) is 5.92 Å². The van der Waals surface area contributed by atoms with Crippen LogP contribution in [0.4, 0.5) is 8.78 Å². The Labute approximate surface area is 211 Å². The number of carboxylic acid groups (broad SMARTS) is 1. The minimum atomic E-state index is -2.68. The molecule has 0 spiro atoms. The van der Waals surface area contributed by atoms with E-state index >= 15 is 0 Å². The first kappa shape index (κ1) is 25.2. The number of nitrogens with zero attached hydrogens (tertiary/aromatic N) is 3. The largest absolute Gasteiger partial charge is 0.480 e. The zero-order valence-electron chi connectivity index (χ0n) is 20.7. The Morgan fingerprint density at radius 2 is 2.03 bits per heavy atom. The van der Waals surface area contributed by atoms with Gasteiger partial charge in [-0.1, -0.05) is 12.1 Å². The normalized spacial score (nSPS) is 22.7. The van der Waals surface area contributed by atoms with Crippen LogP contribution in [0.2, 0.25) is 0 Å². The van der Waals surface area contributed by atoms with Gasteiger partial charge in [0, 0.05) is 67.3 Å². The first-order valence-electron chi connectivity index (χ1n) is 13.3. The molecule has 0 aromatic carbocycles. The third kappa shape index (κ3) is 5.75. The summed E-state index contributed by atoms with van der Waals surface area (Å²) in [7, 11) is 0. The molecule has 1 saturated carbocycles. The first-order valence-corrected chi connectivity index (χ1v) is 13.3. The number of ether oxygens (including phenoxy) is 1. The molecule has 2 atom stereocenters. The number of carbonyl (C=O) groups is 1. The van der Waals surface area contributed by atoms with Crippen LogP contribution in [0.1, 0.15) is 85.1 Å². The number of hydrogen-bond donors (Lipinski definition) is 1. The molecule has 1 unspecified atom stereocenters. The molecule has 2 aliphatic carbocycles. The van der Waals surface area contributed by atoms with E-state index in [1.54, 1.807) is 18.3 Å². The van der Waals surface area contributed by atoms with E-state index in [0.717, 1.165) is 44.2 Å². The van der Waals surface area contributed by atoms with E-state index < -0.39 is 23.9 Å². The quantitative estimate of drug-likeness (QED) is 0.458. The van der Waals surface area contributed by atoms with Gasteiger partial charge in [0.1, 0.15) is 6.04 Å². The van der Waals surface area contributed by atoms with Gasteiger partial charge in [0.25, 0.3) is 0 Å². The number of alkyl halides is 2. The molecule has 5 rings (SSSR count). The lowest BCUT2D eigenvalue weighted by Crippen LogP contribution is -2.38. The Morgan fingerprint density at radius 1 is 1.19 bits per heavy atom. The summed E-state index contributed by atoms with van der Waals surface area (Å²) in [6.45, 7) is 1.74. The number of aryl methyl sites for hydroxylation is 3. The fraction of sp³-hybridized carbons (Fsp3) is 0.607. The maximum Gasteiger partial charge on any atom is 0.325 e. The molecule has 0 bridgehead atoms. The smallest absolute Gasteiger partial charge is 0.325 e. The number of fused-ring (bicyclic) bond motifs is 1. The molecule has 3 heterocycles. The summed E-state index contributed by atoms with van der Waals surface area (Å²) in [5.74, 6) is -4.05. The predicted octanol–water partition coefficient (Wildman–Crippen LogP) is 5.11. The first-order chi connectivity index (χ1) is 17.4. The van der Waals surface area contributed by atoms with Crippen LogP contribution >= 0.6 is 0 Å². The second-order valence-corrected chi connectivity index (χ2v) is 10.5. The summed E-state index contributed by atoms with van der Waals surface area (Å²) >= 11 is 0. The molecule has 194 valence electrons. The number of pyridine rings is 2. The van der Waals surface area contributed by atoms with Gasteiger partial charge in [-0.25, -0.2) is 8.78 Å². The lowest BCUT2D eigenvalue weighted by atomic mass is 9.76. The van der Waals surface area contributed by atoms with Crippen LogP contribution in [0.15, 0.2) is 30.5 Å². The van der Waals surface area contributed by atoms with Gasteiger partial charge >= 0.3 is 5.97 Å². The van der Waals surface area contributed by atoms with Crippen molar-refractivity contribution in [2.24, 2.45) is 0 Å². The van der Waals surface area contributed by atoms with E-state index in [1.165, 1.54) is 24.1 Å². The van der Waals surface area contributed by atoms with Crippen molar-refractivity contribution < 1.29 is 23.4 Å². The van der Waals surface area contributed by atoms with Gasteiger partial charge in [-0.3, -0.25) is 19.7 Å². The topological polar surface area (TPSA) is 75.5 Å². The SMILES string of the molecule is O=C(O)C(c1cccnc1C1CC(F)(F)C1)N1CC[C@@H](OCCCCc2ccc3c(n2)CCCC3)C1. The van der Waals surface area contributed by atoms with Crippen molar-refractivity contribution in [3.63, 3.8) is 0 Å². The van der Waals surface area contributed by atoms with Gasteiger partial charge in [0.05, 0.1) is 6.10 Å². The third-order valence-corrected chi connectivity index (χ3v) is 7.83. The van der Waals surface area contributed by atoms with E-state index in [9.17, 15) is 18.7 Å². The molecule has 1 aliphatic heterocycles. The highest BCUT2D eigenvalue weighted by Gasteiger charge is 2.48. The van der Waals surface area contributed by atoms with Crippen molar-refractivity contribution >= 4 is 5.97 Å². The van der Waals surface area contributed by atoms with Crippen LogP contribution in [0.5, 0.6) is 0 Å². The minimum absolute atomic E-state index is 0.0260. The number of aliphatic carboxylic acids is 1.